The number of anilines is 2. The molecule has 0 aliphatic heterocycles. The van der Waals surface area contributed by atoms with Gasteiger partial charge < -0.3 is 15.5 Å². The second-order valence-corrected chi connectivity index (χ2v) is 7.62. The molecular formula is C17H14N2O4S2. The van der Waals surface area contributed by atoms with Crippen molar-refractivity contribution in [2.75, 3.05) is 5.32 Å². The summed E-state index contributed by atoms with van der Waals surface area (Å²) < 4.78 is 1.43. The van der Waals surface area contributed by atoms with Crippen molar-refractivity contribution in [1.29, 1.82) is 0 Å². The number of rotatable bonds is 7. The van der Waals surface area contributed by atoms with Crippen LogP contribution in [0.2, 0.25) is 0 Å². The van der Waals surface area contributed by atoms with Gasteiger partial charge in [-0.15, -0.1) is 11.3 Å². The molecule has 1 atom stereocenters. The molecule has 0 aliphatic carbocycles. The average Bonchev–Trinajstić information content (AvgIpc) is 2.98. The lowest BCUT2D eigenvalue weighted by Gasteiger charge is -2.06. The van der Waals surface area contributed by atoms with Crippen LogP contribution in [0.15, 0.2) is 52.9 Å². The molecule has 0 aliphatic rings. The van der Waals surface area contributed by atoms with E-state index in [1.54, 1.807) is 0 Å². The van der Waals surface area contributed by atoms with Crippen molar-refractivity contribution in [2.45, 2.75) is 16.0 Å². The van der Waals surface area contributed by atoms with Crippen LogP contribution in [-0.2, 0) is 9.59 Å². The molecule has 6 nitrogen and oxygen atoms in total. The molecule has 3 aromatic rings. The zero-order valence-corrected chi connectivity index (χ0v) is 14.5. The van der Waals surface area contributed by atoms with E-state index in [2.05, 4.69) is 10.3 Å². The van der Waals surface area contributed by atoms with Crippen LogP contribution in [0.1, 0.15) is 6.42 Å². The van der Waals surface area contributed by atoms with Crippen LogP contribution in [0.25, 0.3) is 10.2 Å². The van der Waals surface area contributed by atoms with Crippen molar-refractivity contribution in [3.05, 3.63) is 48.5 Å². The first-order valence-electron chi connectivity index (χ1n) is 7.36. The van der Waals surface area contributed by atoms with Crippen molar-refractivity contribution < 1.29 is 19.8 Å². The van der Waals surface area contributed by atoms with Crippen LogP contribution in [-0.4, -0.2) is 32.4 Å². The Kier molecular flexibility index (Phi) is 5.20. The number of carboxylic acids is 2. The van der Waals surface area contributed by atoms with E-state index >= 15 is 0 Å². The molecule has 3 N–H and O–H groups in total. The summed E-state index contributed by atoms with van der Waals surface area (Å²) in [5, 5.41) is 20.3. The maximum atomic E-state index is 11.2. The fourth-order valence-electron chi connectivity index (χ4n) is 2.21. The predicted molar refractivity (Wildman–Crippen MR) is 98.9 cm³/mol. The van der Waals surface area contributed by atoms with E-state index in [4.69, 9.17) is 5.11 Å². The predicted octanol–water partition coefficient (Wildman–Crippen LogP) is 4.06. The third-order valence-corrected chi connectivity index (χ3v) is 5.71. The fraction of sp³-hybridized carbons (Fsp3) is 0.118. The standard InChI is InChI=1S/C17H14N2O4S2/c20-14(21)9-13(16(22)23)24-17-19-12-8-4-7-11(15(12)25-17)18-10-5-2-1-3-6-10/h1-8,13,18H,9H2,(H,20,21)(H,22,23). The molecule has 1 unspecified atom stereocenters. The van der Waals surface area contributed by atoms with Gasteiger partial charge in [0.25, 0.3) is 0 Å². The summed E-state index contributed by atoms with van der Waals surface area (Å²) in [6.45, 7) is 0. The Morgan fingerprint density at radius 3 is 2.56 bits per heavy atom. The van der Waals surface area contributed by atoms with Crippen molar-refractivity contribution >= 4 is 56.6 Å². The van der Waals surface area contributed by atoms with E-state index in [9.17, 15) is 14.7 Å². The van der Waals surface area contributed by atoms with E-state index < -0.39 is 23.6 Å². The SMILES string of the molecule is O=C(O)CC(Sc1nc2cccc(Nc3ccccc3)c2s1)C(=O)O. The van der Waals surface area contributed by atoms with E-state index in [1.165, 1.54) is 11.3 Å². The summed E-state index contributed by atoms with van der Waals surface area (Å²) >= 11 is 2.31. The zero-order chi connectivity index (χ0) is 17.8. The highest BCUT2D eigenvalue weighted by Crippen LogP contribution is 2.37. The Hall–Kier alpha value is -2.58. The van der Waals surface area contributed by atoms with Gasteiger partial charge in [0, 0.05) is 5.69 Å². The van der Waals surface area contributed by atoms with E-state index in [1.807, 2.05) is 48.5 Å². The molecule has 128 valence electrons. The van der Waals surface area contributed by atoms with Crippen LogP contribution in [0.3, 0.4) is 0 Å². The minimum Gasteiger partial charge on any atom is -0.481 e. The maximum absolute atomic E-state index is 11.2. The summed E-state index contributed by atoms with van der Waals surface area (Å²) in [6, 6.07) is 15.3. The van der Waals surface area contributed by atoms with Gasteiger partial charge in [-0.3, -0.25) is 9.59 Å². The zero-order valence-electron chi connectivity index (χ0n) is 12.9. The largest absolute Gasteiger partial charge is 0.481 e. The van der Waals surface area contributed by atoms with E-state index in [0.717, 1.165) is 33.4 Å². The minimum absolute atomic E-state index is 0.453. The molecule has 0 radical (unpaired) electrons. The molecule has 2 aromatic carbocycles. The molecule has 0 saturated heterocycles. The number of hydrogen-bond acceptors (Lipinski definition) is 6. The minimum atomic E-state index is -1.16. The second-order valence-electron chi connectivity index (χ2n) is 5.17. The van der Waals surface area contributed by atoms with Crippen molar-refractivity contribution in [3.63, 3.8) is 0 Å². The molecule has 0 spiro atoms. The molecule has 0 saturated carbocycles. The number of thioether (sulfide) groups is 1. The number of aromatic nitrogens is 1. The molecule has 25 heavy (non-hydrogen) atoms. The number of benzene rings is 2. The molecule has 1 aromatic heterocycles. The molecular weight excluding hydrogens is 360 g/mol. The maximum Gasteiger partial charge on any atom is 0.317 e. The molecule has 0 bridgehead atoms. The number of fused-ring (bicyclic) bond motifs is 1. The molecule has 8 heteroatoms. The lowest BCUT2D eigenvalue weighted by molar-refractivity contribution is -0.142. The first-order valence-corrected chi connectivity index (χ1v) is 9.05. The van der Waals surface area contributed by atoms with Crippen LogP contribution in [0, 0.1) is 0 Å². The number of para-hydroxylation sites is 1. The highest BCUT2D eigenvalue weighted by molar-refractivity contribution is 8.02. The third-order valence-electron chi connectivity index (χ3n) is 3.33. The first kappa shape index (κ1) is 17.2. The summed E-state index contributed by atoms with van der Waals surface area (Å²) in [4.78, 5) is 26.5. The van der Waals surface area contributed by atoms with Crippen molar-refractivity contribution in [1.82, 2.24) is 4.98 Å². The summed E-state index contributed by atoms with van der Waals surface area (Å²) in [5.74, 6) is -2.30. The normalized spacial score (nSPS) is 12.0. The highest BCUT2D eigenvalue weighted by Gasteiger charge is 2.24. The smallest absolute Gasteiger partial charge is 0.317 e. The van der Waals surface area contributed by atoms with E-state index in [0.29, 0.717) is 4.34 Å². The molecule has 1 heterocycles. The van der Waals surface area contributed by atoms with Gasteiger partial charge in [0.2, 0.25) is 0 Å². The first-order chi connectivity index (χ1) is 12.0. The molecule has 0 fully saturated rings. The van der Waals surface area contributed by atoms with Gasteiger partial charge in [-0.05, 0) is 24.3 Å². The number of aliphatic carboxylic acids is 2. The van der Waals surface area contributed by atoms with Crippen molar-refractivity contribution in [2.24, 2.45) is 0 Å². The Morgan fingerprint density at radius 1 is 1.12 bits per heavy atom. The van der Waals surface area contributed by atoms with Gasteiger partial charge >= 0.3 is 11.9 Å². The van der Waals surface area contributed by atoms with Gasteiger partial charge in [0.1, 0.15) is 5.25 Å². The van der Waals surface area contributed by atoms with Crippen LogP contribution >= 0.6 is 23.1 Å². The van der Waals surface area contributed by atoms with Crippen LogP contribution in [0.4, 0.5) is 11.4 Å². The highest BCUT2D eigenvalue weighted by atomic mass is 32.2. The van der Waals surface area contributed by atoms with Gasteiger partial charge in [-0.1, -0.05) is 36.0 Å². The summed E-state index contributed by atoms with van der Waals surface area (Å²) in [7, 11) is 0. The number of hydrogen-bond donors (Lipinski definition) is 3. The number of nitrogens with one attached hydrogen (secondary N) is 1. The second kappa shape index (κ2) is 7.54. The Balaban J connectivity index is 1.88. The Morgan fingerprint density at radius 2 is 1.88 bits per heavy atom. The molecule has 0 amide bonds. The number of nitrogens with zero attached hydrogens (tertiary/aromatic N) is 1. The number of carbonyl (C=O) groups is 2. The summed E-state index contributed by atoms with van der Waals surface area (Å²) in [6.07, 6.45) is -0.453. The lowest BCUT2D eigenvalue weighted by atomic mass is 10.2. The molecule has 3 rings (SSSR count). The monoisotopic (exact) mass is 374 g/mol. The van der Waals surface area contributed by atoms with Gasteiger partial charge in [0.05, 0.1) is 22.3 Å². The van der Waals surface area contributed by atoms with E-state index in [-0.39, 0.29) is 0 Å². The van der Waals surface area contributed by atoms with Crippen molar-refractivity contribution in [3.8, 4) is 0 Å². The van der Waals surface area contributed by atoms with Crippen LogP contribution < -0.4 is 5.32 Å². The van der Waals surface area contributed by atoms with Gasteiger partial charge in [0.15, 0.2) is 4.34 Å². The lowest BCUT2D eigenvalue weighted by Crippen LogP contribution is -2.20. The summed E-state index contributed by atoms with van der Waals surface area (Å²) in [5.41, 5.74) is 2.55. The quantitative estimate of drug-likeness (QED) is 0.536. The number of thiazole rings is 1. The van der Waals surface area contributed by atoms with Crippen LogP contribution in [0.5, 0.6) is 0 Å². The fourth-order valence-corrected chi connectivity index (χ4v) is 4.49. The average molecular weight is 374 g/mol. The number of carboxylic acid groups (broad SMARTS) is 2. The Bertz CT molecular complexity index is 911. The Labute approximate surface area is 151 Å². The van der Waals surface area contributed by atoms with Gasteiger partial charge in [-0.2, -0.15) is 0 Å². The topological polar surface area (TPSA) is 99.5 Å². The third kappa shape index (κ3) is 4.28. The van der Waals surface area contributed by atoms with Gasteiger partial charge in [-0.25, -0.2) is 4.98 Å².